The molecule has 0 nitrogen and oxygen atoms in total. The summed E-state index contributed by atoms with van der Waals surface area (Å²) in [5.41, 5.74) is 0. The zero-order valence-corrected chi connectivity index (χ0v) is 12.9. The highest BCUT2D eigenvalue weighted by Crippen LogP contribution is 2.17. The Hall–Kier alpha value is 0. The van der Waals surface area contributed by atoms with Crippen molar-refractivity contribution >= 4 is 0 Å². The zero-order valence-electron chi connectivity index (χ0n) is 12.9. The summed E-state index contributed by atoms with van der Waals surface area (Å²) >= 11 is 0. The van der Waals surface area contributed by atoms with Gasteiger partial charge in [0.1, 0.15) is 0 Å². The largest absolute Gasteiger partial charge is 0.0683 e. The smallest absolute Gasteiger partial charge is 0.0417 e. The van der Waals surface area contributed by atoms with Crippen molar-refractivity contribution in [3.63, 3.8) is 0 Å². The van der Waals surface area contributed by atoms with Gasteiger partial charge in [0.2, 0.25) is 0 Å². The molecule has 0 atom stereocenters. The molecule has 0 heterocycles. The van der Waals surface area contributed by atoms with Gasteiger partial charge in [0.05, 0.1) is 0 Å². The average Bonchev–Trinajstić information content (AvgIpc) is 2.16. The molecule has 0 aromatic rings. The first-order valence-electron chi connectivity index (χ1n) is 6.93. The molecule has 0 unspecified atom stereocenters. The van der Waals surface area contributed by atoms with E-state index in [9.17, 15) is 0 Å². The molecule has 0 rings (SSSR count). The first kappa shape index (κ1) is 20.4. The topological polar surface area (TPSA) is 0 Å². The van der Waals surface area contributed by atoms with E-state index in [-0.39, 0.29) is 0 Å². The Morgan fingerprint density at radius 1 is 0.733 bits per heavy atom. The predicted octanol–water partition coefficient (Wildman–Crippen LogP) is 6.16. The van der Waals surface area contributed by atoms with E-state index in [1.807, 2.05) is 13.8 Å². The van der Waals surface area contributed by atoms with Gasteiger partial charge in [-0.05, 0) is 24.2 Å². The lowest BCUT2D eigenvalue weighted by Crippen LogP contribution is -2.00. The van der Waals surface area contributed by atoms with Crippen molar-refractivity contribution in [2.75, 3.05) is 0 Å². The van der Waals surface area contributed by atoms with E-state index >= 15 is 0 Å². The van der Waals surface area contributed by atoms with Crippen LogP contribution >= 0.6 is 0 Å². The van der Waals surface area contributed by atoms with Crippen LogP contribution < -0.4 is 0 Å². The minimum Gasteiger partial charge on any atom is -0.0683 e. The molecule has 96 valence electrons. The molecule has 0 spiro atoms. The van der Waals surface area contributed by atoms with Gasteiger partial charge in [-0.2, -0.15) is 0 Å². The molecule has 0 N–H and O–H groups in total. The summed E-state index contributed by atoms with van der Waals surface area (Å²) in [5, 5.41) is 0. The zero-order chi connectivity index (χ0) is 12.9. The summed E-state index contributed by atoms with van der Waals surface area (Å²) in [4.78, 5) is 0. The molecular weight excluding hydrogens is 180 g/mol. The first-order chi connectivity index (χ1) is 6.93. The van der Waals surface area contributed by atoms with E-state index < -0.39 is 0 Å². The first-order valence-corrected chi connectivity index (χ1v) is 6.93. The van der Waals surface area contributed by atoms with Crippen molar-refractivity contribution in [3.8, 4) is 0 Å². The second-order valence-electron chi connectivity index (χ2n) is 5.04. The van der Waals surface area contributed by atoms with Crippen molar-refractivity contribution in [3.05, 3.63) is 0 Å². The van der Waals surface area contributed by atoms with Crippen molar-refractivity contribution < 1.29 is 0 Å². The molecule has 0 heteroatoms. The molecule has 0 aliphatic heterocycles. The van der Waals surface area contributed by atoms with Gasteiger partial charge >= 0.3 is 0 Å². The van der Waals surface area contributed by atoms with Crippen molar-refractivity contribution in [2.45, 2.75) is 81.6 Å². The van der Waals surface area contributed by atoms with Crippen molar-refractivity contribution in [1.82, 2.24) is 0 Å². The Balaban J connectivity index is -0.000000202. The molecule has 0 bridgehead atoms. The van der Waals surface area contributed by atoms with Gasteiger partial charge in [-0.15, -0.1) is 0 Å². The summed E-state index contributed by atoms with van der Waals surface area (Å²) in [6, 6.07) is 0. The van der Waals surface area contributed by atoms with Crippen LogP contribution in [-0.4, -0.2) is 0 Å². The lowest BCUT2D eigenvalue weighted by atomic mass is 9.93. The van der Waals surface area contributed by atoms with Gasteiger partial charge in [0.25, 0.3) is 0 Å². The van der Waals surface area contributed by atoms with E-state index in [4.69, 9.17) is 0 Å². The number of hydrogen-bond donors (Lipinski definition) is 0. The maximum absolute atomic E-state index is 2.30. The molecule has 0 fully saturated rings. The molecule has 0 saturated carbocycles. The van der Waals surface area contributed by atoms with Crippen LogP contribution in [0.4, 0.5) is 0 Å². The fraction of sp³-hybridized carbons (Fsp3) is 1.00. The SMILES string of the molecule is CC.CC(C)C.CCC(CC)CC(C)C. The quantitative estimate of drug-likeness (QED) is 0.528. The van der Waals surface area contributed by atoms with Gasteiger partial charge in [-0.3, -0.25) is 0 Å². The van der Waals surface area contributed by atoms with Crippen LogP contribution in [0.25, 0.3) is 0 Å². The van der Waals surface area contributed by atoms with Gasteiger partial charge < -0.3 is 0 Å². The molecule has 0 radical (unpaired) electrons. The Morgan fingerprint density at radius 2 is 1.00 bits per heavy atom. The third-order valence-electron chi connectivity index (χ3n) is 1.96. The maximum Gasteiger partial charge on any atom is -0.0417 e. The standard InChI is InChI=1S/C9H20.C4H10.C2H6/c1-5-9(6-2)7-8(3)4;1-4(2)3;1-2/h8-9H,5-7H2,1-4H3;4H,1-3H3;1-2H3. The number of hydrogen-bond acceptors (Lipinski definition) is 0. The Kier molecular flexibility index (Phi) is 22.4. The molecule has 0 amide bonds. The minimum absolute atomic E-state index is 0.833. The van der Waals surface area contributed by atoms with Crippen molar-refractivity contribution in [1.29, 1.82) is 0 Å². The highest BCUT2D eigenvalue weighted by molar-refractivity contribution is 4.56. The summed E-state index contributed by atoms with van der Waals surface area (Å²) in [6.45, 7) is 19.7. The monoisotopic (exact) mass is 216 g/mol. The van der Waals surface area contributed by atoms with E-state index in [0.717, 1.165) is 17.8 Å². The normalized spacial score (nSPS) is 9.60. The third-order valence-corrected chi connectivity index (χ3v) is 1.96. The third kappa shape index (κ3) is 31.5. The lowest BCUT2D eigenvalue weighted by molar-refractivity contribution is 0.388. The highest BCUT2D eigenvalue weighted by Gasteiger charge is 2.04. The molecule has 0 aliphatic rings. The second-order valence-corrected chi connectivity index (χ2v) is 5.04. The van der Waals surface area contributed by atoms with Gasteiger partial charge in [-0.25, -0.2) is 0 Å². The van der Waals surface area contributed by atoms with Crippen LogP contribution in [0.1, 0.15) is 81.6 Å². The van der Waals surface area contributed by atoms with Crippen LogP contribution in [-0.2, 0) is 0 Å². The van der Waals surface area contributed by atoms with Crippen LogP contribution in [0.15, 0.2) is 0 Å². The molecule has 0 saturated heterocycles. The second kappa shape index (κ2) is 16.4. The molecule has 0 aromatic carbocycles. The van der Waals surface area contributed by atoms with Gasteiger partial charge in [0, 0.05) is 0 Å². The Labute approximate surface area is 99.9 Å². The fourth-order valence-electron chi connectivity index (χ4n) is 1.29. The molecule has 0 aromatic heterocycles. The fourth-order valence-corrected chi connectivity index (χ4v) is 1.29. The number of rotatable bonds is 4. The summed E-state index contributed by atoms with van der Waals surface area (Å²) in [5.74, 6) is 2.69. The van der Waals surface area contributed by atoms with Gasteiger partial charge in [-0.1, -0.05) is 75.2 Å². The predicted molar refractivity (Wildman–Crippen MR) is 75.4 cm³/mol. The van der Waals surface area contributed by atoms with E-state index in [0.29, 0.717) is 0 Å². The Bertz CT molecular complexity index is 75.3. The van der Waals surface area contributed by atoms with E-state index in [1.165, 1.54) is 19.3 Å². The van der Waals surface area contributed by atoms with E-state index in [1.54, 1.807) is 0 Å². The summed E-state index contributed by atoms with van der Waals surface area (Å²) < 4.78 is 0. The van der Waals surface area contributed by atoms with Crippen LogP contribution in [0, 0.1) is 17.8 Å². The van der Waals surface area contributed by atoms with Crippen LogP contribution in [0.3, 0.4) is 0 Å². The summed E-state index contributed by atoms with van der Waals surface area (Å²) in [6.07, 6.45) is 4.12. The lowest BCUT2D eigenvalue weighted by Gasteiger charge is -2.13. The molecular formula is C15H36. The van der Waals surface area contributed by atoms with Gasteiger partial charge in [0.15, 0.2) is 0 Å². The van der Waals surface area contributed by atoms with Crippen LogP contribution in [0.2, 0.25) is 0 Å². The van der Waals surface area contributed by atoms with Crippen LogP contribution in [0.5, 0.6) is 0 Å². The van der Waals surface area contributed by atoms with E-state index in [2.05, 4.69) is 48.5 Å². The Morgan fingerprint density at radius 3 is 1.07 bits per heavy atom. The van der Waals surface area contributed by atoms with Crippen molar-refractivity contribution in [2.24, 2.45) is 17.8 Å². The molecule has 0 aliphatic carbocycles. The average molecular weight is 216 g/mol. The minimum atomic E-state index is 0.833. The maximum atomic E-state index is 2.30. The highest BCUT2D eigenvalue weighted by atomic mass is 14.1. The summed E-state index contributed by atoms with van der Waals surface area (Å²) in [7, 11) is 0. The molecule has 15 heavy (non-hydrogen) atoms.